The fourth-order valence-electron chi connectivity index (χ4n) is 2.60. The lowest BCUT2D eigenvalue weighted by molar-refractivity contribution is 0.134. The molecule has 1 unspecified atom stereocenters. The highest BCUT2D eigenvalue weighted by molar-refractivity contribution is 7.85. The summed E-state index contributed by atoms with van der Waals surface area (Å²) in [7, 11) is -0.518. The van der Waals surface area contributed by atoms with Crippen LogP contribution in [0.3, 0.4) is 0 Å². The van der Waals surface area contributed by atoms with Crippen molar-refractivity contribution < 1.29 is 4.21 Å². The van der Waals surface area contributed by atoms with E-state index in [0.717, 1.165) is 30.9 Å². The van der Waals surface area contributed by atoms with Crippen LogP contribution in [0.25, 0.3) is 0 Å². The maximum atomic E-state index is 11.3. The molecule has 1 N–H and O–H groups in total. The molecule has 3 nitrogen and oxygen atoms in total. The topological polar surface area (TPSA) is 32.3 Å². The summed E-state index contributed by atoms with van der Waals surface area (Å²) in [5.41, 5.74) is 0. The Morgan fingerprint density at radius 1 is 1.40 bits per heavy atom. The first-order chi connectivity index (χ1) is 7.29. The number of rotatable bonds is 2. The predicted molar refractivity (Wildman–Crippen MR) is 64.6 cm³/mol. The van der Waals surface area contributed by atoms with E-state index in [4.69, 9.17) is 0 Å². The Hall–Kier alpha value is 0.0700. The second-order valence-electron chi connectivity index (χ2n) is 4.63. The second kappa shape index (κ2) is 5.41. The molecule has 15 heavy (non-hydrogen) atoms. The van der Waals surface area contributed by atoms with E-state index in [1.807, 2.05) is 0 Å². The molecule has 88 valence electrons. The molecule has 0 bridgehead atoms. The molecule has 2 aliphatic heterocycles. The van der Waals surface area contributed by atoms with Crippen LogP contribution in [0, 0.1) is 0 Å². The van der Waals surface area contributed by atoms with Gasteiger partial charge in [-0.15, -0.1) is 0 Å². The summed E-state index contributed by atoms with van der Waals surface area (Å²) in [6, 6.07) is 1.38. The van der Waals surface area contributed by atoms with Crippen molar-refractivity contribution in [2.75, 3.05) is 31.1 Å². The Kier molecular flexibility index (Phi) is 4.17. The fourth-order valence-corrected chi connectivity index (χ4v) is 3.88. The van der Waals surface area contributed by atoms with Crippen molar-refractivity contribution in [1.29, 1.82) is 0 Å². The molecule has 2 aliphatic rings. The summed E-state index contributed by atoms with van der Waals surface area (Å²) in [6.45, 7) is 5.73. The van der Waals surface area contributed by atoms with Gasteiger partial charge in [-0.25, -0.2) is 0 Å². The first-order valence-corrected chi connectivity index (χ1v) is 7.61. The van der Waals surface area contributed by atoms with E-state index in [1.54, 1.807) is 0 Å². The molecular weight excluding hydrogens is 208 g/mol. The Labute approximate surface area is 95.1 Å². The first-order valence-electron chi connectivity index (χ1n) is 6.12. The van der Waals surface area contributed by atoms with Gasteiger partial charge in [0.15, 0.2) is 0 Å². The zero-order valence-electron chi connectivity index (χ0n) is 9.58. The minimum atomic E-state index is -0.518. The first kappa shape index (κ1) is 11.6. The summed E-state index contributed by atoms with van der Waals surface area (Å²) < 4.78 is 11.3. The van der Waals surface area contributed by atoms with Crippen molar-refractivity contribution in [2.24, 2.45) is 0 Å². The van der Waals surface area contributed by atoms with E-state index in [0.29, 0.717) is 12.1 Å². The van der Waals surface area contributed by atoms with Crippen LogP contribution in [-0.4, -0.2) is 52.3 Å². The second-order valence-corrected chi connectivity index (χ2v) is 6.33. The van der Waals surface area contributed by atoms with Gasteiger partial charge in [-0.3, -0.25) is 9.11 Å². The zero-order valence-corrected chi connectivity index (χ0v) is 10.4. The summed E-state index contributed by atoms with van der Waals surface area (Å²) in [4.78, 5) is 2.61. The van der Waals surface area contributed by atoms with Gasteiger partial charge >= 0.3 is 0 Å². The van der Waals surface area contributed by atoms with Gasteiger partial charge in [-0.2, -0.15) is 0 Å². The van der Waals surface area contributed by atoms with Crippen molar-refractivity contribution in [3.63, 3.8) is 0 Å². The third-order valence-corrected chi connectivity index (χ3v) is 5.04. The molecule has 0 aromatic carbocycles. The zero-order chi connectivity index (χ0) is 10.7. The number of hydrogen-bond acceptors (Lipinski definition) is 3. The van der Waals surface area contributed by atoms with E-state index in [1.165, 1.54) is 19.5 Å². The highest BCUT2D eigenvalue weighted by Gasteiger charge is 2.27. The van der Waals surface area contributed by atoms with Crippen LogP contribution in [0.15, 0.2) is 0 Å². The summed E-state index contributed by atoms with van der Waals surface area (Å²) >= 11 is 0. The van der Waals surface area contributed by atoms with Crippen molar-refractivity contribution in [1.82, 2.24) is 10.2 Å². The molecule has 0 aromatic rings. The number of piperazine rings is 1. The lowest BCUT2D eigenvalue weighted by atomic mass is 10.1. The maximum Gasteiger partial charge on any atom is 0.0249 e. The summed E-state index contributed by atoms with van der Waals surface area (Å²) in [5.74, 6) is 1.84. The predicted octanol–water partition coefficient (Wildman–Crippen LogP) is 0.581. The van der Waals surface area contributed by atoms with Gasteiger partial charge in [-0.1, -0.05) is 6.92 Å². The van der Waals surface area contributed by atoms with Gasteiger partial charge in [0.05, 0.1) is 0 Å². The third-order valence-electron chi connectivity index (χ3n) is 3.65. The lowest BCUT2D eigenvalue weighted by Crippen LogP contribution is -2.54. The van der Waals surface area contributed by atoms with Gasteiger partial charge in [0.2, 0.25) is 0 Å². The van der Waals surface area contributed by atoms with Crippen LogP contribution in [0.4, 0.5) is 0 Å². The number of hydrogen-bond donors (Lipinski definition) is 1. The highest BCUT2D eigenvalue weighted by atomic mass is 32.2. The van der Waals surface area contributed by atoms with Crippen molar-refractivity contribution in [3.8, 4) is 0 Å². The molecule has 2 fully saturated rings. The lowest BCUT2D eigenvalue weighted by Gasteiger charge is -2.40. The van der Waals surface area contributed by atoms with Crippen LogP contribution in [-0.2, 0) is 10.8 Å². The fraction of sp³-hybridized carbons (Fsp3) is 1.00. The quantitative estimate of drug-likeness (QED) is 0.753. The normalized spacial score (nSPS) is 39.1. The van der Waals surface area contributed by atoms with Crippen molar-refractivity contribution in [3.05, 3.63) is 0 Å². The van der Waals surface area contributed by atoms with Crippen LogP contribution in [0.5, 0.6) is 0 Å². The van der Waals surface area contributed by atoms with E-state index in [9.17, 15) is 4.21 Å². The average molecular weight is 230 g/mol. The molecule has 2 heterocycles. The largest absolute Gasteiger partial charge is 0.311 e. The molecule has 0 radical (unpaired) electrons. The smallest absolute Gasteiger partial charge is 0.0249 e. The Morgan fingerprint density at radius 2 is 2.13 bits per heavy atom. The van der Waals surface area contributed by atoms with Crippen LogP contribution >= 0.6 is 0 Å². The molecular formula is C11H22N2OS. The van der Waals surface area contributed by atoms with Gasteiger partial charge in [0.1, 0.15) is 0 Å². The Balaban J connectivity index is 1.84. The van der Waals surface area contributed by atoms with Crippen LogP contribution < -0.4 is 5.32 Å². The van der Waals surface area contributed by atoms with Crippen molar-refractivity contribution >= 4 is 10.8 Å². The van der Waals surface area contributed by atoms with Gasteiger partial charge in [-0.05, 0) is 19.3 Å². The Bertz CT molecular complexity index is 225. The minimum absolute atomic E-state index is 0.518. The molecule has 0 spiro atoms. The monoisotopic (exact) mass is 230 g/mol. The highest BCUT2D eigenvalue weighted by Crippen LogP contribution is 2.18. The summed E-state index contributed by atoms with van der Waals surface area (Å²) in [6.07, 6.45) is 3.50. The van der Waals surface area contributed by atoms with E-state index in [2.05, 4.69) is 17.1 Å². The molecule has 0 aromatic heterocycles. The molecule has 0 saturated carbocycles. The maximum absolute atomic E-state index is 11.3. The van der Waals surface area contributed by atoms with Crippen molar-refractivity contribution in [2.45, 2.75) is 38.3 Å². The Morgan fingerprint density at radius 3 is 2.80 bits per heavy atom. The average Bonchev–Trinajstić information content (AvgIpc) is 2.30. The molecule has 2 saturated heterocycles. The van der Waals surface area contributed by atoms with E-state index < -0.39 is 10.8 Å². The van der Waals surface area contributed by atoms with E-state index >= 15 is 0 Å². The molecule has 4 heteroatoms. The number of nitrogens with one attached hydrogen (secondary N) is 1. The third kappa shape index (κ3) is 3.02. The van der Waals surface area contributed by atoms with Gasteiger partial charge in [0, 0.05) is 54.0 Å². The number of nitrogens with zero attached hydrogens (tertiary/aromatic N) is 1. The standard InChI is InChI=1S/C11H22N2OS/c1-2-10-9-13(6-5-12-10)11-3-7-15(14)8-4-11/h10-12H,2-9H2,1H3. The molecule has 1 atom stereocenters. The van der Waals surface area contributed by atoms with Crippen LogP contribution in [0.2, 0.25) is 0 Å². The van der Waals surface area contributed by atoms with E-state index in [-0.39, 0.29) is 0 Å². The SMILES string of the molecule is CCC1CN(C2CCS(=O)CC2)CCN1. The molecule has 2 rings (SSSR count). The summed E-state index contributed by atoms with van der Waals surface area (Å²) in [5, 5.41) is 3.54. The molecule has 0 amide bonds. The van der Waals surface area contributed by atoms with Gasteiger partial charge < -0.3 is 5.32 Å². The minimum Gasteiger partial charge on any atom is -0.311 e. The van der Waals surface area contributed by atoms with Gasteiger partial charge in [0.25, 0.3) is 0 Å². The molecule has 0 aliphatic carbocycles. The van der Waals surface area contributed by atoms with Crippen LogP contribution in [0.1, 0.15) is 26.2 Å².